The van der Waals surface area contributed by atoms with Crippen molar-refractivity contribution in [3.05, 3.63) is 28.8 Å². The van der Waals surface area contributed by atoms with Crippen LogP contribution in [0.1, 0.15) is 18.9 Å². The third kappa shape index (κ3) is 3.12. The number of ether oxygens (including phenoxy) is 1. The van der Waals surface area contributed by atoms with E-state index in [9.17, 15) is 5.11 Å². The van der Waals surface area contributed by atoms with E-state index in [4.69, 9.17) is 16.3 Å². The van der Waals surface area contributed by atoms with Crippen LogP contribution in [0, 0.1) is 0 Å². The molecule has 0 bridgehead atoms. The minimum absolute atomic E-state index is 0.203. The van der Waals surface area contributed by atoms with E-state index >= 15 is 0 Å². The fraction of sp³-hybridized carbons (Fsp3) is 0.538. The number of para-hydroxylation sites is 1. The third-order valence-corrected chi connectivity index (χ3v) is 3.45. The second-order valence-corrected chi connectivity index (χ2v) is 4.79. The summed E-state index contributed by atoms with van der Waals surface area (Å²) in [5.74, 6) is 0.203. The number of phenolic OH excluding ortho intramolecular Hbond substituents is 1. The number of halogens is 1. The van der Waals surface area contributed by atoms with Crippen molar-refractivity contribution in [2.24, 2.45) is 0 Å². The van der Waals surface area contributed by atoms with Crippen LogP contribution in [0.3, 0.4) is 0 Å². The molecule has 1 aliphatic heterocycles. The lowest BCUT2D eigenvalue weighted by molar-refractivity contribution is -0.0326. The Balaban J connectivity index is 2.02. The smallest absolute Gasteiger partial charge is 0.138 e. The molecule has 0 saturated carbocycles. The zero-order valence-electron chi connectivity index (χ0n) is 10.0. The van der Waals surface area contributed by atoms with Crippen LogP contribution in [0.2, 0.25) is 5.02 Å². The van der Waals surface area contributed by atoms with Crippen LogP contribution in [0.25, 0.3) is 0 Å². The van der Waals surface area contributed by atoms with E-state index in [2.05, 4.69) is 11.8 Å². The molecule has 1 aliphatic rings. The molecule has 1 N–H and O–H groups in total. The summed E-state index contributed by atoms with van der Waals surface area (Å²) in [6, 6.07) is 5.49. The zero-order valence-corrected chi connectivity index (χ0v) is 10.8. The van der Waals surface area contributed by atoms with E-state index in [-0.39, 0.29) is 5.75 Å². The normalized spacial score (nSPS) is 21.6. The first-order valence-electron chi connectivity index (χ1n) is 6.01. The molecule has 1 heterocycles. The molecular formula is C13H18ClNO2. The van der Waals surface area contributed by atoms with Crippen LogP contribution in [0.5, 0.6) is 5.75 Å². The predicted molar refractivity (Wildman–Crippen MR) is 68.4 cm³/mol. The number of aromatic hydroxyl groups is 1. The lowest BCUT2D eigenvalue weighted by Gasteiger charge is -2.32. The van der Waals surface area contributed by atoms with Gasteiger partial charge in [0, 0.05) is 25.2 Å². The molecule has 0 spiro atoms. The molecule has 1 saturated heterocycles. The average Bonchev–Trinajstić information content (AvgIpc) is 2.35. The van der Waals surface area contributed by atoms with Gasteiger partial charge >= 0.3 is 0 Å². The Kier molecular flexibility index (Phi) is 4.26. The van der Waals surface area contributed by atoms with Crippen LogP contribution in [-0.2, 0) is 11.3 Å². The fourth-order valence-electron chi connectivity index (χ4n) is 2.10. The summed E-state index contributed by atoms with van der Waals surface area (Å²) >= 11 is 5.89. The lowest BCUT2D eigenvalue weighted by atomic mass is 10.1. The van der Waals surface area contributed by atoms with Gasteiger partial charge in [0.25, 0.3) is 0 Å². The largest absolute Gasteiger partial charge is 0.506 e. The third-order valence-electron chi connectivity index (χ3n) is 3.14. The van der Waals surface area contributed by atoms with Gasteiger partial charge in [0.2, 0.25) is 0 Å². The molecule has 0 aliphatic carbocycles. The minimum Gasteiger partial charge on any atom is -0.506 e. The topological polar surface area (TPSA) is 32.7 Å². The van der Waals surface area contributed by atoms with Gasteiger partial charge in [-0.2, -0.15) is 0 Å². The van der Waals surface area contributed by atoms with Crippen molar-refractivity contribution in [1.29, 1.82) is 0 Å². The van der Waals surface area contributed by atoms with Gasteiger partial charge in [-0.15, -0.1) is 0 Å². The minimum atomic E-state index is 0.203. The quantitative estimate of drug-likeness (QED) is 0.901. The second-order valence-electron chi connectivity index (χ2n) is 4.38. The average molecular weight is 256 g/mol. The summed E-state index contributed by atoms with van der Waals surface area (Å²) in [5.41, 5.74) is 0.884. The number of phenols is 1. The fourth-order valence-corrected chi connectivity index (χ4v) is 2.29. The number of nitrogens with zero attached hydrogens (tertiary/aromatic N) is 1. The number of morpholine rings is 1. The molecule has 1 unspecified atom stereocenters. The number of hydrogen-bond acceptors (Lipinski definition) is 3. The zero-order chi connectivity index (χ0) is 12.3. The van der Waals surface area contributed by atoms with Crippen LogP contribution in [-0.4, -0.2) is 35.8 Å². The van der Waals surface area contributed by atoms with Crippen molar-refractivity contribution in [2.45, 2.75) is 26.0 Å². The molecule has 4 heteroatoms. The van der Waals surface area contributed by atoms with Gasteiger partial charge in [0.15, 0.2) is 0 Å². The Hall–Kier alpha value is -0.770. The Bertz CT molecular complexity index is 384. The monoisotopic (exact) mass is 255 g/mol. The molecule has 0 radical (unpaired) electrons. The van der Waals surface area contributed by atoms with Gasteiger partial charge in [0.1, 0.15) is 5.75 Å². The number of hydrogen-bond donors (Lipinski definition) is 1. The molecule has 1 aromatic rings. The van der Waals surface area contributed by atoms with Crippen molar-refractivity contribution in [1.82, 2.24) is 4.90 Å². The van der Waals surface area contributed by atoms with E-state index in [0.29, 0.717) is 11.1 Å². The molecule has 1 atom stereocenters. The maximum Gasteiger partial charge on any atom is 0.138 e. The van der Waals surface area contributed by atoms with E-state index in [1.54, 1.807) is 6.07 Å². The molecule has 0 aromatic heterocycles. The van der Waals surface area contributed by atoms with Gasteiger partial charge in [-0.1, -0.05) is 30.7 Å². The van der Waals surface area contributed by atoms with E-state index in [1.165, 1.54) is 0 Å². The summed E-state index contributed by atoms with van der Waals surface area (Å²) in [7, 11) is 0. The number of benzene rings is 1. The summed E-state index contributed by atoms with van der Waals surface area (Å²) in [4.78, 5) is 2.29. The molecule has 1 fully saturated rings. The highest BCUT2D eigenvalue weighted by molar-refractivity contribution is 6.32. The Labute approximate surface area is 107 Å². The highest BCUT2D eigenvalue weighted by atomic mass is 35.5. The van der Waals surface area contributed by atoms with E-state index < -0.39 is 0 Å². The van der Waals surface area contributed by atoms with Crippen LogP contribution in [0.4, 0.5) is 0 Å². The van der Waals surface area contributed by atoms with Crippen molar-refractivity contribution >= 4 is 11.6 Å². The van der Waals surface area contributed by atoms with Gasteiger partial charge in [-0.05, 0) is 12.5 Å². The lowest BCUT2D eigenvalue weighted by Crippen LogP contribution is -2.41. The van der Waals surface area contributed by atoms with Gasteiger partial charge in [0.05, 0.1) is 17.7 Å². The van der Waals surface area contributed by atoms with Crippen molar-refractivity contribution in [2.75, 3.05) is 19.7 Å². The highest BCUT2D eigenvalue weighted by Gasteiger charge is 2.20. The summed E-state index contributed by atoms with van der Waals surface area (Å²) in [6.07, 6.45) is 1.34. The summed E-state index contributed by atoms with van der Waals surface area (Å²) < 4.78 is 5.62. The highest BCUT2D eigenvalue weighted by Crippen LogP contribution is 2.28. The number of rotatable bonds is 3. The first-order chi connectivity index (χ1) is 8.20. The van der Waals surface area contributed by atoms with E-state index in [0.717, 1.165) is 38.2 Å². The SMILES string of the molecule is CCC1CN(Cc2cccc(Cl)c2O)CCO1. The summed E-state index contributed by atoms with van der Waals surface area (Å²) in [5, 5.41) is 10.3. The van der Waals surface area contributed by atoms with Crippen molar-refractivity contribution in [3.63, 3.8) is 0 Å². The van der Waals surface area contributed by atoms with Crippen molar-refractivity contribution < 1.29 is 9.84 Å². The maximum absolute atomic E-state index is 9.86. The van der Waals surface area contributed by atoms with Gasteiger partial charge < -0.3 is 9.84 Å². The molecule has 17 heavy (non-hydrogen) atoms. The van der Waals surface area contributed by atoms with Crippen LogP contribution in [0.15, 0.2) is 18.2 Å². The van der Waals surface area contributed by atoms with E-state index in [1.807, 2.05) is 12.1 Å². The Morgan fingerprint density at radius 3 is 3.12 bits per heavy atom. The standard InChI is InChI=1S/C13H18ClNO2/c1-2-11-9-15(6-7-17-11)8-10-4-3-5-12(14)13(10)16/h3-5,11,16H,2,6-9H2,1H3. The van der Waals surface area contributed by atoms with Crippen molar-refractivity contribution in [3.8, 4) is 5.75 Å². The van der Waals surface area contributed by atoms with Gasteiger partial charge in [-0.3, -0.25) is 4.90 Å². The molecule has 2 rings (SSSR count). The predicted octanol–water partition coefficient (Wildman–Crippen LogP) is 2.66. The summed E-state index contributed by atoms with van der Waals surface area (Å²) in [6.45, 7) is 5.45. The maximum atomic E-state index is 9.86. The molecular weight excluding hydrogens is 238 g/mol. The van der Waals surface area contributed by atoms with Gasteiger partial charge in [-0.25, -0.2) is 0 Å². The molecule has 94 valence electrons. The molecule has 3 nitrogen and oxygen atoms in total. The second kappa shape index (κ2) is 5.71. The Morgan fingerprint density at radius 1 is 1.53 bits per heavy atom. The molecule has 0 amide bonds. The Morgan fingerprint density at radius 2 is 2.35 bits per heavy atom. The first kappa shape index (κ1) is 12.7. The molecule has 1 aromatic carbocycles. The van der Waals surface area contributed by atoms with Crippen LogP contribution >= 0.6 is 11.6 Å². The van der Waals surface area contributed by atoms with Crippen LogP contribution < -0.4 is 0 Å². The first-order valence-corrected chi connectivity index (χ1v) is 6.38.